The molecule has 4 nitrogen and oxygen atoms in total. The minimum absolute atomic E-state index is 0.283. The van der Waals surface area contributed by atoms with Crippen LogP contribution in [-0.2, 0) is 4.74 Å². The first kappa shape index (κ1) is 13.2. The maximum Gasteiger partial charge on any atom is 0.407 e. The Morgan fingerprint density at radius 2 is 2.00 bits per heavy atom. The van der Waals surface area contributed by atoms with Gasteiger partial charge in [-0.05, 0) is 34.1 Å². The largest absolute Gasteiger partial charge is 0.444 e. The van der Waals surface area contributed by atoms with Crippen LogP contribution in [0.1, 0.15) is 41.0 Å². The molecule has 0 aliphatic rings. The molecular weight excluding hydrogens is 182 g/mol. The lowest BCUT2D eigenvalue weighted by Gasteiger charge is -2.23. The molecule has 0 saturated heterocycles. The molecule has 84 valence electrons. The highest BCUT2D eigenvalue weighted by atomic mass is 16.6. The predicted molar refractivity (Wildman–Crippen MR) is 55.1 cm³/mol. The van der Waals surface area contributed by atoms with Gasteiger partial charge < -0.3 is 15.2 Å². The average molecular weight is 203 g/mol. The Labute approximate surface area is 85.6 Å². The summed E-state index contributed by atoms with van der Waals surface area (Å²) in [5.74, 6) is 0. The van der Waals surface area contributed by atoms with Crippen LogP contribution in [0.15, 0.2) is 0 Å². The molecule has 1 amide bonds. The van der Waals surface area contributed by atoms with Crippen molar-refractivity contribution in [2.24, 2.45) is 0 Å². The molecule has 2 atom stereocenters. The molecule has 0 aromatic heterocycles. The van der Waals surface area contributed by atoms with Crippen molar-refractivity contribution in [2.75, 3.05) is 0 Å². The van der Waals surface area contributed by atoms with E-state index in [2.05, 4.69) is 5.32 Å². The summed E-state index contributed by atoms with van der Waals surface area (Å²) in [6, 6.07) is -0.283. The second-order valence-corrected chi connectivity index (χ2v) is 4.41. The summed E-state index contributed by atoms with van der Waals surface area (Å²) in [4.78, 5) is 11.2. The van der Waals surface area contributed by atoms with Gasteiger partial charge in [-0.25, -0.2) is 4.79 Å². The fraction of sp³-hybridized carbons (Fsp3) is 0.900. The van der Waals surface area contributed by atoms with Crippen molar-refractivity contribution in [3.05, 3.63) is 0 Å². The number of aliphatic hydroxyl groups is 1. The van der Waals surface area contributed by atoms with E-state index in [0.29, 0.717) is 6.42 Å². The van der Waals surface area contributed by atoms with Crippen LogP contribution in [0.2, 0.25) is 0 Å². The van der Waals surface area contributed by atoms with Gasteiger partial charge in [-0.15, -0.1) is 0 Å². The van der Waals surface area contributed by atoms with Gasteiger partial charge in [0.1, 0.15) is 5.60 Å². The number of alkyl carbamates (subject to hydrolysis) is 1. The molecule has 0 bridgehead atoms. The van der Waals surface area contributed by atoms with Crippen molar-refractivity contribution in [2.45, 2.75) is 58.8 Å². The maximum absolute atomic E-state index is 11.2. The number of carbonyl (C=O) groups is 1. The molecule has 14 heavy (non-hydrogen) atoms. The van der Waals surface area contributed by atoms with Crippen LogP contribution in [-0.4, -0.2) is 28.9 Å². The first-order valence-corrected chi connectivity index (χ1v) is 4.94. The number of hydrogen-bond acceptors (Lipinski definition) is 3. The van der Waals surface area contributed by atoms with Crippen molar-refractivity contribution in [3.8, 4) is 0 Å². The number of aliphatic hydroxyl groups excluding tert-OH is 1. The first-order chi connectivity index (χ1) is 6.26. The van der Waals surface area contributed by atoms with Gasteiger partial charge >= 0.3 is 6.09 Å². The highest BCUT2D eigenvalue weighted by molar-refractivity contribution is 5.68. The van der Waals surface area contributed by atoms with E-state index in [9.17, 15) is 9.90 Å². The van der Waals surface area contributed by atoms with E-state index in [1.54, 1.807) is 27.7 Å². The zero-order valence-corrected chi connectivity index (χ0v) is 9.63. The number of hydrogen-bond donors (Lipinski definition) is 2. The van der Waals surface area contributed by atoms with Gasteiger partial charge in [0.25, 0.3) is 0 Å². The van der Waals surface area contributed by atoms with Crippen LogP contribution in [0.3, 0.4) is 0 Å². The highest BCUT2D eigenvalue weighted by Crippen LogP contribution is 2.07. The minimum Gasteiger partial charge on any atom is -0.444 e. The molecule has 0 aromatic carbocycles. The van der Waals surface area contributed by atoms with Crippen LogP contribution >= 0.6 is 0 Å². The molecule has 0 saturated carbocycles. The Balaban J connectivity index is 3.95. The van der Waals surface area contributed by atoms with Crippen LogP contribution in [0, 0.1) is 0 Å². The fourth-order valence-electron chi connectivity index (χ4n) is 0.943. The second kappa shape index (κ2) is 5.20. The highest BCUT2D eigenvalue weighted by Gasteiger charge is 2.20. The topological polar surface area (TPSA) is 58.6 Å². The number of ether oxygens (including phenoxy) is 1. The number of carbonyl (C=O) groups excluding carboxylic acids is 1. The molecule has 0 heterocycles. The van der Waals surface area contributed by atoms with E-state index in [1.807, 2.05) is 6.92 Å². The van der Waals surface area contributed by atoms with E-state index in [0.717, 1.165) is 0 Å². The number of nitrogens with one attached hydrogen (secondary N) is 1. The quantitative estimate of drug-likeness (QED) is 0.733. The summed E-state index contributed by atoms with van der Waals surface area (Å²) >= 11 is 0. The summed E-state index contributed by atoms with van der Waals surface area (Å²) < 4.78 is 5.04. The fourth-order valence-corrected chi connectivity index (χ4v) is 0.943. The van der Waals surface area contributed by atoms with Gasteiger partial charge in [0.15, 0.2) is 0 Å². The van der Waals surface area contributed by atoms with E-state index < -0.39 is 17.8 Å². The molecule has 4 heteroatoms. The molecule has 0 rings (SSSR count). The molecule has 2 unspecified atom stereocenters. The Hall–Kier alpha value is -0.770. The van der Waals surface area contributed by atoms with E-state index in [1.165, 1.54) is 0 Å². The van der Waals surface area contributed by atoms with Crippen LogP contribution in [0.4, 0.5) is 4.79 Å². The SMILES string of the molecule is CCC(O)C(C)NC(=O)OC(C)(C)C. The summed E-state index contributed by atoms with van der Waals surface area (Å²) in [7, 11) is 0. The smallest absolute Gasteiger partial charge is 0.407 e. The zero-order chi connectivity index (χ0) is 11.4. The van der Waals surface area contributed by atoms with Crippen molar-refractivity contribution in [3.63, 3.8) is 0 Å². The van der Waals surface area contributed by atoms with Gasteiger partial charge in [0.05, 0.1) is 12.1 Å². The van der Waals surface area contributed by atoms with Crippen molar-refractivity contribution in [1.82, 2.24) is 5.32 Å². The predicted octanol–water partition coefficient (Wildman–Crippen LogP) is 1.67. The molecule has 0 spiro atoms. The lowest BCUT2D eigenvalue weighted by Crippen LogP contribution is -2.43. The molecule has 2 N–H and O–H groups in total. The zero-order valence-electron chi connectivity index (χ0n) is 9.63. The molecule has 0 fully saturated rings. The summed E-state index contributed by atoms with van der Waals surface area (Å²) in [6.45, 7) is 9.00. The monoisotopic (exact) mass is 203 g/mol. The Bertz CT molecular complexity index is 186. The van der Waals surface area contributed by atoms with Gasteiger partial charge in [0, 0.05) is 0 Å². The van der Waals surface area contributed by atoms with Crippen molar-refractivity contribution in [1.29, 1.82) is 0 Å². The van der Waals surface area contributed by atoms with Crippen LogP contribution in [0.25, 0.3) is 0 Å². The number of amides is 1. The molecule has 0 aliphatic carbocycles. The minimum atomic E-state index is -0.525. The van der Waals surface area contributed by atoms with Gasteiger partial charge in [-0.2, -0.15) is 0 Å². The molecule has 0 radical (unpaired) electrons. The van der Waals surface area contributed by atoms with Gasteiger partial charge in [-0.3, -0.25) is 0 Å². The van der Waals surface area contributed by atoms with Crippen molar-refractivity contribution < 1.29 is 14.6 Å². The lowest BCUT2D eigenvalue weighted by atomic mass is 10.1. The molecule has 0 aromatic rings. The van der Waals surface area contributed by atoms with Crippen LogP contribution < -0.4 is 5.32 Å². The van der Waals surface area contributed by atoms with Crippen molar-refractivity contribution >= 4 is 6.09 Å². The summed E-state index contributed by atoms with van der Waals surface area (Å²) in [5, 5.41) is 12.0. The van der Waals surface area contributed by atoms with E-state index in [4.69, 9.17) is 4.74 Å². The average Bonchev–Trinajstić information content (AvgIpc) is 1.99. The van der Waals surface area contributed by atoms with Crippen LogP contribution in [0.5, 0.6) is 0 Å². The number of rotatable bonds is 3. The normalized spacial score (nSPS) is 15.9. The van der Waals surface area contributed by atoms with E-state index in [-0.39, 0.29) is 6.04 Å². The second-order valence-electron chi connectivity index (χ2n) is 4.41. The Kier molecular flexibility index (Phi) is 4.91. The first-order valence-electron chi connectivity index (χ1n) is 4.94. The third-order valence-electron chi connectivity index (χ3n) is 1.74. The standard InChI is InChI=1S/C10H21NO3/c1-6-8(12)7(2)11-9(13)14-10(3,4)5/h7-8,12H,6H2,1-5H3,(H,11,13). The summed E-state index contributed by atoms with van der Waals surface area (Å²) in [5.41, 5.74) is -0.499. The lowest BCUT2D eigenvalue weighted by molar-refractivity contribution is 0.0433. The van der Waals surface area contributed by atoms with Gasteiger partial charge in [-0.1, -0.05) is 6.92 Å². The van der Waals surface area contributed by atoms with Gasteiger partial charge in [0.2, 0.25) is 0 Å². The maximum atomic E-state index is 11.2. The Morgan fingerprint density at radius 1 is 1.50 bits per heavy atom. The molecule has 0 aliphatic heterocycles. The summed E-state index contributed by atoms with van der Waals surface area (Å²) in [6.07, 6.45) is -0.406. The molecular formula is C10H21NO3. The Morgan fingerprint density at radius 3 is 2.36 bits per heavy atom. The van der Waals surface area contributed by atoms with E-state index >= 15 is 0 Å². The third kappa shape index (κ3) is 5.80. The third-order valence-corrected chi connectivity index (χ3v) is 1.74.